The molecule has 1 N–H and O–H groups in total. The van der Waals surface area contributed by atoms with Crippen molar-refractivity contribution in [3.8, 4) is 0 Å². The van der Waals surface area contributed by atoms with Crippen LogP contribution in [-0.2, 0) is 6.54 Å². The van der Waals surface area contributed by atoms with Gasteiger partial charge in [0.25, 0.3) is 5.69 Å². The highest BCUT2D eigenvalue weighted by Gasteiger charge is 2.11. The quantitative estimate of drug-likeness (QED) is 0.682. The maximum atomic E-state index is 11.5. The Kier molecular flexibility index (Phi) is 3.84. The largest absolute Gasteiger partial charge is 0.477 e. The SMILES string of the molecule is Cc1cc(=O)c(C(=O)O)cn1Cc1ccc([N+](=O)[O-])cc1. The van der Waals surface area contributed by atoms with Crippen molar-refractivity contribution in [1.82, 2.24) is 4.57 Å². The third-order valence-corrected chi connectivity index (χ3v) is 3.07. The van der Waals surface area contributed by atoms with Crippen LogP contribution in [0.25, 0.3) is 0 Å². The van der Waals surface area contributed by atoms with Crippen LogP contribution in [0.15, 0.2) is 41.3 Å². The van der Waals surface area contributed by atoms with Crippen molar-refractivity contribution in [3.05, 3.63) is 73.7 Å². The van der Waals surface area contributed by atoms with E-state index in [4.69, 9.17) is 5.11 Å². The predicted molar refractivity (Wildman–Crippen MR) is 74.6 cm³/mol. The predicted octanol–water partition coefficient (Wildman–Crippen LogP) is 1.81. The third-order valence-electron chi connectivity index (χ3n) is 3.07. The average molecular weight is 288 g/mol. The number of pyridine rings is 1. The molecule has 0 unspecified atom stereocenters. The molecule has 0 saturated heterocycles. The third kappa shape index (κ3) is 3.14. The van der Waals surface area contributed by atoms with Crippen LogP contribution in [0, 0.1) is 17.0 Å². The van der Waals surface area contributed by atoms with Crippen molar-refractivity contribution in [1.29, 1.82) is 0 Å². The van der Waals surface area contributed by atoms with E-state index in [0.29, 0.717) is 12.2 Å². The highest BCUT2D eigenvalue weighted by molar-refractivity contribution is 5.87. The highest BCUT2D eigenvalue weighted by atomic mass is 16.6. The lowest BCUT2D eigenvalue weighted by atomic mass is 10.2. The van der Waals surface area contributed by atoms with Crippen molar-refractivity contribution in [2.24, 2.45) is 0 Å². The van der Waals surface area contributed by atoms with E-state index in [1.165, 1.54) is 24.4 Å². The van der Waals surface area contributed by atoms with E-state index in [0.717, 1.165) is 5.56 Å². The van der Waals surface area contributed by atoms with Gasteiger partial charge in [0.05, 0.1) is 4.92 Å². The molecule has 1 heterocycles. The first-order valence-electron chi connectivity index (χ1n) is 6.06. The second-order valence-corrected chi connectivity index (χ2v) is 4.55. The number of rotatable bonds is 4. The molecule has 0 radical (unpaired) electrons. The summed E-state index contributed by atoms with van der Waals surface area (Å²) >= 11 is 0. The normalized spacial score (nSPS) is 10.3. The van der Waals surface area contributed by atoms with E-state index in [-0.39, 0.29) is 11.3 Å². The van der Waals surface area contributed by atoms with Gasteiger partial charge in [0, 0.05) is 36.6 Å². The van der Waals surface area contributed by atoms with Gasteiger partial charge >= 0.3 is 5.97 Å². The lowest BCUT2D eigenvalue weighted by Gasteiger charge is -2.11. The molecule has 0 aliphatic rings. The fourth-order valence-corrected chi connectivity index (χ4v) is 1.92. The Morgan fingerprint density at radius 2 is 1.95 bits per heavy atom. The topological polar surface area (TPSA) is 102 Å². The lowest BCUT2D eigenvalue weighted by molar-refractivity contribution is -0.384. The molecule has 7 nitrogen and oxygen atoms in total. The maximum Gasteiger partial charge on any atom is 0.341 e. The van der Waals surface area contributed by atoms with Gasteiger partial charge < -0.3 is 9.67 Å². The standard InChI is InChI=1S/C14H12N2O5/c1-9-6-13(17)12(14(18)19)8-15(9)7-10-2-4-11(5-3-10)16(20)21/h2-6,8H,7H2,1H3,(H,18,19). The molecule has 108 valence electrons. The first-order chi connectivity index (χ1) is 9.88. The van der Waals surface area contributed by atoms with E-state index in [1.54, 1.807) is 23.6 Å². The van der Waals surface area contributed by atoms with E-state index < -0.39 is 16.3 Å². The number of non-ortho nitro benzene ring substituents is 1. The molecule has 21 heavy (non-hydrogen) atoms. The van der Waals surface area contributed by atoms with Crippen LogP contribution in [0.2, 0.25) is 0 Å². The Morgan fingerprint density at radius 1 is 1.33 bits per heavy atom. The van der Waals surface area contributed by atoms with Crippen LogP contribution >= 0.6 is 0 Å². The number of carboxylic acids is 1. The van der Waals surface area contributed by atoms with Gasteiger partial charge in [-0.1, -0.05) is 12.1 Å². The summed E-state index contributed by atoms with van der Waals surface area (Å²) in [5, 5.41) is 19.5. The first-order valence-corrected chi connectivity index (χ1v) is 6.06. The minimum atomic E-state index is -1.28. The van der Waals surface area contributed by atoms with Gasteiger partial charge in [-0.2, -0.15) is 0 Å². The van der Waals surface area contributed by atoms with Gasteiger partial charge in [0.15, 0.2) is 5.43 Å². The zero-order chi connectivity index (χ0) is 15.6. The molecule has 0 spiro atoms. The fraction of sp³-hybridized carbons (Fsp3) is 0.143. The lowest BCUT2D eigenvalue weighted by Crippen LogP contribution is -2.19. The van der Waals surface area contributed by atoms with E-state index >= 15 is 0 Å². The van der Waals surface area contributed by atoms with Crippen LogP contribution in [0.5, 0.6) is 0 Å². The highest BCUT2D eigenvalue weighted by Crippen LogP contribution is 2.13. The Hall–Kier alpha value is -2.96. The summed E-state index contributed by atoms with van der Waals surface area (Å²) in [5.41, 5.74) is 0.524. The maximum absolute atomic E-state index is 11.5. The van der Waals surface area contributed by atoms with Crippen LogP contribution < -0.4 is 5.43 Å². The Balaban J connectivity index is 2.35. The molecule has 2 rings (SSSR count). The fourth-order valence-electron chi connectivity index (χ4n) is 1.92. The van der Waals surface area contributed by atoms with Gasteiger partial charge in [-0.05, 0) is 12.5 Å². The Bertz CT molecular complexity index is 762. The van der Waals surface area contributed by atoms with Gasteiger partial charge in [0.1, 0.15) is 5.56 Å². The van der Waals surface area contributed by atoms with Gasteiger partial charge in [0.2, 0.25) is 0 Å². The van der Waals surface area contributed by atoms with Crippen LogP contribution in [0.3, 0.4) is 0 Å². The number of nitro groups is 1. The van der Waals surface area contributed by atoms with Crippen molar-refractivity contribution in [3.63, 3.8) is 0 Å². The number of aromatic carboxylic acids is 1. The summed E-state index contributed by atoms with van der Waals surface area (Å²) in [6, 6.07) is 7.21. The molecule has 0 saturated carbocycles. The second-order valence-electron chi connectivity index (χ2n) is 4.55. The van der Waals surface area contributed by atoms with Gasteiger partial charge in [-0.3, -0.25) is 14.9 Å². The van der Waals surface area contributed by atoms with Gasteiger partial charge in [-0.15, -0.1) is 0 Å². The molecule has 0 amide bonds. The summed E-state index contributed by atoms with van der Waals surface area (Å²) < 4.78 is 1.62. The molecule has 7 heteroatoms. The summed E-state index contributed by atoms with van der Waals surface area (Å²) in [7, 11) is 0. The molecule has 0 aliphatic carbocycles. The summed E-state index contributed by atoms with van der Waals surface area (Å²) in [5.74, 6) is -1.28. The molecule has 0 fully saturated rings. The zero-order valence-electron chi connectivity index (χ0n) is 11.1. The molecule has 2 aromatic rings. The van der Waals surface area contributed by atoms with Gasteiger partial charge in [-0.25, -0.2) is 4.79 Å². The number of hydrogen-bond acceptors (Lipinski definition) is 4. The second kappa shape index (κ2) is 5.58. The number of aryl methyl sites for hydroxylation is 1. The number of benzene rings is 1. The number of carbonyl (C=O) groups is 1. The Labute approximate surface area is 119 Å². The van der Waals surface area contributed by atoms with Crippen LogP contribution in [0.4, 0.5) is 5.69 Å². The molecule has 0 bridgehead atoms. The zero-order valence-corrected chi connectivity index (χ0v) is 11.1. The summed E-state index contributed by atoms with van der Waals surface area (Å²) in [6.45, 7) is 2.02. The van der Waals surface area contributed by atoms with E-state index in [2.05, 4.69) is 0 Å². The number of hydrogen-bond donors (Lipinski definition) is 1. The summed E-state index contributed by atoms with van der Waals surface area (Å²) in [4.78, 5) is 32.6. The number of nitrogens with zero attached hydrogens (tertiary/aromatic N) is 2. The molecular weight excluding hydrogens is 276 g/mol. The molecule has 1 aromatic carbocycles. The summed E-state index contributed by atoms with van der Waals surface area (Å²) in [6.07, 6.45) is 1.28. The molecular formula is C14H12N2O5. The molecule has 0 aliphatic heterocycles. The van der Waals surface area contributed by atoms with E-state index in [1.807, 2.05) is 0 Å². The number of nitro benzene ring substituents is 1. The number of aromatic nitrogens is 1. The number of carboxylic acid groups (broad SMARTS) is 1. The Morgan fingerprint density at radius 3 is 2.48 bits per heavy atom. The van der Waals surface area contributed by atoms with Crippen LogP contribution in [-0.4, -0.2) is 20.6 Å². The minimum Gasteiger partial charge on any atom is -0.477 e. The van der Waals surface area contributed by atoms with Crippen molar-refractivity contribution >= 4 is 11.7 Å². The first kappa shape index (κ1) is 14.4. The minimum absolute atomic E-state index is 0.0124. The average Bonchev–Trinajstić information content (AvgIpc) is 2.42. The van der Waals surface area contributed by atoms with Crippen molar-refractivity contribution in [2.75, 3.05) is 0 Å². The van der Waals surface area contributed by atoms with E-state index in [9.17, 15) is 19.7 Å². The smallest absolute Gasteiger partial charge is 0.341 e. The van der Waals surface area contributed by atoms with Crippen LogP contribution in [0.1, 0.15) is 21.6 Å². The monoisotopic (exact) mass is 288 g/mol. The van der Waals surface area contributed by atoms with Crippen molar-refractivity contribution < 1.29 is 14.8 Å². The molecule has 1 aromatic heterocycles. The van der Waals surface area contributed by atoms with Crippen molar-refractivity contribution in [2.45, 2.75) is 13.5 Å². The molecule has 0 atom stereocenters.